The summed E-state index contributed by atoms with van der Waals surface area (Å²) in [7, 11) is 0. The SMILES string of the molecule is CC(=O)O.CC(C)O.CC(C)O.C[CH-]CC.C[CH-]CC.[Re]. The maximum Gasteiger partial charge on any atom is 0.300 e. The number of unbranched alkanes of at least 4 members (excludes halogenated alkanes) is 2. The van der Waals surface area contributed by atoms with Crippen molar-refractivity contribution >= 4 is 5.97 Å². The van der Waals surface area contributed by atoms with Crippen molar-refractivity contribution < 1.29 is 40.5 Å². The monoisotopic (exact) mass is 481 g/mol. The molecule has 0 aromatic rings. The molecule has 0 rings (SSSR count). The van der Waals surface area contributed by atoms with Crippen LogP contribution in [0.5, 0.6) is 0 Å². The molecule has 0 heterocycles. The maximum atomic E-state index is 9.00. The smallest absolute Gasteiger partial charge is 0.300 e. The Kier molecular flexibility index (Phi) is 76.0. The second-order valence-electron chi connectivity index (χ2n) is 4.34. The Morgan fingerprint density at radius 1 is 0.905 bits per heavy atom. The molecule has 4 nitrogen and oxygen atoms in total. The van der Waals surface area contributed by atoms with Gasteiger partial charge in [-0.3, -0.25) is 4.79 Å². The van der Waals surface area contributed by atoms with Crippen LogP contribution in [-0.2, 0) is 25.2 Å². The van der Waals surface area contributed by atoms with Gasteiger partial charge in [0.25, 0.3) is 5.97 Å². The second-order valence-corrected chi connectivity index (χ2v) is 4.34. The van der Waals surface area contributed by atoms with Crippen molar-refractivity contribution in [2.24, 2.45) is 0 Å². The molecule has 135 valence electrons. The molecule has 0 saturated heterocycles. The van der Waals surface area contributed by atoms with Gasteiger partial charge in [0, 0.05) is 39.6 Å². The van der Waals surface area contributed by atoms with Crippen LogP contribution < -0.4 is 0 Å². The van der Waals surface area contributed by atoms with Gasteiger partial charge < -0.3 is 28.2 Å². The summed E-state index contributed by atoms with van der Waals surface area (Å²) in [6, 6.07) is 0. The van der Waals surface area contributed by atoms with Gasteiger partial charge in [0.1, 0.15) is 0 Å². The molecular weight excluding hydrogens is 442 g/mol. The van der Waals surface area contributed by atoms with Crippen LogP contribution in [0.4, 0.5) is 0 Å². The minimum Gasteiger partial charge on any atom is -0.481 e. The molecule has 0 amide bonds. The van der Waals surface area contributed by atoms with Crippen LogP contribution in [0.3, 0.4) is 0 Å². The number of hydrogen-bond donors (Lipinski definition) is 3. The van der Waals surface area contributed by atoms with Gasteiger partial charge in [0.15, 0.2) is 0 Å². The first kappa shape index (κ1) is 37.4. The van der Waals surface area contributed by atoms with Crippen molar-refractivity contribution in [2.75, 3.05) is 0 Å². The van der Waals surface area contributed by atoms with Crippen molar-refractivity contribution in [1.82, 2.24) is 0 Å². The molecule has 0 atom stereocenters. The summed E-state index contributed by atoms with van der Waals surface area (Å²) in [5.74, 6) is -0.833. The molecule has 0 aliphatic heterocycles. The van der Waals surface area contributed by atoms with Crippen molar-refractivity contribution in [1.29, 1.82) is 0 Å². The first-order valence-corrected chi connectivity index (χ1v) is 7.14. The van der Waals surface area contributed by atoms with Crippen molar-refractivity contribution in [3.05, 3.63) is 12.8 Å². The number of aliphatic hydroxyl groups excluding tert-OH is 2. The molecule has 0 bridgehead atoms. The van der Waals surface area contributed by atoms with Gasteiger partial charge >= 0.3 is 0 Å². The summed E-state index contributed by atoms with van der Waals surface area (Å²) < 4.78 is 0. The van der Waals surface area contributed by atoms with Crippen molar-refractivity contribution in [2.45, 2.75) is 87.4 Å². The third-order valence-electron chi connectivity index (χ3n) is 0.816. The van der Waals surface area contributed by atoms with Crippen molar-refractivity contribution in [3.8, 4) is 0 Å². The standard InChI is InChI=1S/2C4H9.2C3H8O.C2H4O2.Re/c2*1-3-4-2;2*1-3(2)4;1-2(3)4;/h2*3H,4H2,1-2H3;2*3-4H,1-2H3;1H3,(H,3,4);/q2*-1;;;;. The van der Waals surface area contributed by atoms with Gasteiger partial charge in [-0.25, -0.2) is 0 Å². The Bertz CT molecular complexity index is 117. The molecule has 0 spiro atoms. The van der Waals surface area contributed by atoms with Crippen LogP contribution >= 0.6 is 0 Å². The van der Waals surface area contributed by atoms with E-state index >= 15 is 0 Å². The zero-order valence-electron chi connectivity index (χ0n) is 15.4. The third kappa shape index (κ3) is 1550. The summed E-state index contributed by atoms with van der Waals surface area (Å²) in [6.45, 7) is 16.3. The van der Waals surface area contributed by atoms with Gasteiger partial charge in [-0.2, -0.15) is 26.7 Å². The summed E-state index contributed by atoms with van der Waals surface area (Å²) in [5, 5.41) is 23.5. The number of aliphatic carboxylic acids is 1. The molecule has 3 N–H and O–H groups in total. The average molecular weight is 481 g/mol. The fraction of sp³-hybridized carbons (Fsp3) is 0.812. The number of carboxylic acids is 1. The Labute approximate surface area is 147 Å². The summed E-state index contributed by atoms with van der Waals surface area (Å²) in [5.41, 5.74) is 0. The zero-order valence-corrected chi connectivity index (χ0v) is 18.1. The molecule has 0 fully saturated rings. The van der Waals surface area contributed by atoms with Crippen LogP contribution in [0.1, 0.15) is 75.2 Å². The molecule has 21 heavy (non-hydrogen) atoms. The van der Waals surface area contributed by atoms with Gasteiger partial charge in [0.05, 0.1) is 0 Å². The van der Waals surface area contributed by atoms with Gasteiger partial charge in [-0.1, -0.05) is 13.8 Å². The van der Waals surface area contributed by atoms with Crippen LogP contribution in [0.2, 0.25) is 0 Å². The minimum atomic E-state index is -0.833. The first-order chi connectivity index (χ1) is 9.02. The fourth-order valence-corrected chi connectivity index (χ4v) is 0. The molecule has 0 aromatic heterocycles. The second kappa shape index (κ2) is 42.7. The maximum absolute atomic E-state index is 9.00. The number of aliphatic hydroxyl groups is 2. The Morgan fingerprint density at radius 2 is 0.952 bits per heavy atom. The molecule has 0 aliphatic rings. The number of rotatable bonds is 2. The topological polar surface area (TPSA) is 77.8 Å². The Hall–Kier alpha value is 0.0523. The van der Waals surface area contributed by atoms with Crippen LogP contribution in [0, 0.1) is 12.8 Å². The van der Waals surface area contributed by atoms with E-state index in [4.69, 9.17) is 20.1 Å². The normalized spacial score (nSPS) is 7.48. The molecular formula is C16H38O4Re-2. The molecule has 0 aliphatic carbocycles. The van der Waals surface area contributed by atoms with Crippen LogP contribution in [-0.4, -0.2) is 33.5 Å². The Morgan fingerprint density at radius 3 is 0.952 bits per heavy atom. The van der Waals surface area contributed by atoms with Gasteiger partial charge in [-0.15, -0.1) is 0 Å². The van der Waals surface area contributed by atoms with E-state index in [0.29, 0.717) is 0 Å². The third-order valence-corrected chi connectivity index (χ3v) is 0.816. The average Bonchev–Trinajstić information content (AvgIpc) is 2.26. The van der Waals surface area contributed by atoms with Crippen molar-refractivity contribution in [3.63, 3.8) is 0 Å². The molecule has 0 saturated carbocycles. The van der Waals surface area contributed by atoms with E-state index < -0.39 is 5.97 Å². The quantitative estimate of drug-likeness (QED) is 0.520. The zero-order chi connectivity index (χ0) is 17.6. The van der Waals surface area contributed by atoms with E-state index in [1.165, 1.54) is 12.8 Å². The molecule has 0 unspecified atom stereocenters. The number of carbonyl (C=O) groups is 1. The molecule has 1 radical (unpaired) electrons. The summed E-state index contributed by atoms with van der Waals surface area (Å²) in [4.78, 5) is 9.00. The van der Waals surface area contributed by atoms with Gasteiger partial charge in [-0.05, 0) is 27.7 Å². The summed E-state index contributed by atoms with van der Waals surface area (Å²) in [6.07, 6.45) is 6.31. The molecule has 0 aromatic carbocycles. The molecule has 5 heteroatoms. The minimum absolute atomic E-state index is 0. The predicted molar refractivity (Wildman–Crippen MR) is 88.5 cm³/mol. The van der Waals surface area contributed by atoms with E-state index in [1.54, 1.807) is 27.7 Å². The van der Waals surface area contributed by atoms with E-state index in [0.717, 1.165) is 6.92 Å². The number of hydrogen-bond acceptors (Lipinski definition) is 3. The van der Waals surface area contributed by atoms with E-state index in [9.17, 15) is 0 Å². The van der Waals surface area contributed by atoms with Gasteiger partial charge in [0.2, 0.25) is 0 Å². The fourth-order valence-electron chi connectivity index (χ4n) is 0. The largest absolute Gasteiger partial charge is 0.481 e. The van der Waals surface area contributed by atoms with E-state index in [-0.39, 0.29) is 32.6 Å². The number of carboxylic acid groups (broad SMARTS) is 1. The van der Waals surface area contributed by atoms with E-state index in [1.807, 2.05) is 0 Å². The van der Waals surface area contributed by atoms with Crippen LogP contribution in [0.15, 0.2) is 0 Å². The Balaban J connectivity index is -0.0000000331. The van der Waals surface area contributed by atoms with Crippen LogP contribution in [0.25, 0.3) is 0 Å². The summed E-state index contributed by atoms with van der Waals surface area (Å²) >= 11 is 0. The first-order valence-electron chi connectivity index (χ1n) is 7.14. The van der Waals surface area contributed by atoms with E-state index in [2.05, 4.69) is 40.5 Å². The predicted octanol–water partition coefficient (Wildman–Crippen LogP) is 4.10.